The molecule has 20 heavy (non-hydrogen) atoms. The van der Waals surface area contributed by atoms with E-state index in [0.717, 1.165) is 0 Å². The van der Waals surface area contributed by atoms with Gasteiger partial charge in [-0.1, -0.05) is 13.8 Å². The van der Waals surface area contributed by atoms with Gasteiger partial charge in [-0.3, -0.25) is 0 Å². The fourth-order valence-corrected chi connectivity index (χ4v) is 2.78. The molecule has 4 nitrogen and oxygen atoms in total. The van der Waals surface area contributed by atoms with Crippen LogP contribution >= 0.6 is 0 Å². The van der Waals surface area contributed by atoms with Crippen molar-refractivity contribution in [3.8, 4) is 11.5 Å². The molecule has 0 radical (unpaired) electrons. The summed E-state index contributed by atoms with van der Waals surface area (Å²) in [6.45, 7) is 4.00. The average Bonchev–Trinajstić information content (AvgIpc) is 2.50. The summed E-state index contributed by atoms with van der Waals surface area (Å²) in [6, 6.07) is 11.6. The van der Waals surface area contributed by atoms with Gasteiger partial charge in [0.15, 0.2) is 0 Å². The molecule has 108 valence electrons. The minimum Gasteiger partial charge on any atom is -0.508 e. The van der Waals surface area contributed by atoms with Gasteiger partial charge in [0.1, 0.15) is 11.5 Å². The molecule has 0 amide bonds. The van der Waals surface area contributed by atoms with Crippen LogP contribution in [0.3, 0.4) is 0 Å². The van der Waals surface area contributed by atoms with Gasteiger partial charge in [-0.05, 0) is 48.5 Å². The summed E-state index contributed by atoms with van der Waals surface area (Å²) in [6.07, 6.45) is 0. The number of sulfone groups is 1. The summed E-state index contributed by atoms with van der Waals surface area (Å²) in [5.74, 6) is 0.628. The molecule has 2 rings (SSSR count). The molecule has 0 aliphatic heterocycles. The van der Waals surface area contributed by atoms with Gasteiger partial charge in [0.2, 0.25) is 9.84 Å². The number of aromatic hydroxyl groups is 1. The lowest BCUT2D eigenvalue weighted by Crippen LogP contribution is -2.01. The van der Waals surface area contributed by atoms with E-state index >= 15 is 0 Å². The van der Waals surface area contributed by atoms with Gasteiger partial charge in [-0.15, -0.1) is 0 Å². The van der Waals surface area contributed by atoms with Crippen molar-refractivity contribution in [1.29, 1.82) is 0 Å². The van der Waals surface area contributed by atoms with Crippen LogP contribution in [0.25, 0.3) is 0 Å². The van der Waals surface area contributed by atoms with Crippen molar-refractivity contribution < 1.29 is 18.3 Å². The number of rotatable bonds is 3. The molecule has 0 saturated carbocycles. The summed E-state index contributed by atoms with van der Waals surface area (Å²) in [7, 11) is -2.03. The van der Waals surface area contributed by atoms with Crippen molar-refractivity contribution in [3.63, 3.8) is 0 Å². The maximum Gasteiger partial charge on any atom is 0.206 e. The maximum atomic E-state index is 12.2. The lowest BCUT2D eigenvalue weighted by atomic mass is 10.3. The van der Waals surface area contributed by atoms with Crippen LogP contribution in [0.1, 0.15) is 13.8 Å². The zero-order valence-corrected chi connectivity index (χ0v) is 12.5. The molecular formula is C15H18O4S. The third-order valence-electron chi connectivity index (χ3n) is 2.52. The number of phenols is 1. The average molecular weight is 294 g/mol. The zero-order valence-electron chi connectivity index (χ0n) is 11.7. The third-order valence-corrected chi connectivity index (χ3v) is 4.30. The van der Waals surface area contributed by atoms with E-state index < -0.39 is 9.84 Å². The first kappa shape index (κ1) is 16.0. The van der Waals surface area contributed by atoms with Gasteiger partial charge >= 0.3 is 0 Å². The lowest BCUT2D eigenvalue weighted by molar-refractivity contribution is 0.414. The highest BCUT2D eigenvalue weighted by molar-refractivity contribution is 7.91. The number of hydrogen-bond acceptors (Lipinski definition) is 4. The monoisotopic (exact) mass is 294 g/mol. The van der Waals surface area contributed by atoms with E-state index in [2.05, 4.69) is 0 Å². The highest BCUT2D eigenvalue weighted by atomic mass is 32.2. The van der Waals surface area contributed by atoms with Crippen LogP contribution in [0, 0.1) is 0 Å². The van der Waals surface area contributed by atoms with Gasteiger partial charge in [0.05, 0.1) is 16.9 Å². The summed E-state index contributed by atoms with van der Waals surface area (Å²) in [5, 5.41) is 9.15. The minimum absolute atomic E-state index is 0.0312. The number of phenolic OH excluding ortho intramolecular Hbond substituents is 1. The number of benzene rings is 2. The molecule has 2 aromatic carbocycles. The van der Waals surface area contributed by atoms with E-state index in [0.29, 0.717) is 5.75 Å². The first-order valence-corrected chi connectivity index (χ1v) is 7.70. The van der Waals surface area contributed by atoms with Crippen molar-refractivity contribution in [2.24, 2.45) is 0 Å². The zero-order chi connectivity index (χ0) is 15.2. The predicted molar refractivity (Wildman–Crippen MR) is 77.9 cm³/mol. The Balaban J connectivity index is 0.000000956. The van der Waals surface area contributed by atoms with E-state index in [1.165, 1.54) is 43.5 Å². The Morgan fingerprint density at radius 2 is 1.25 bits per heavy atom. The lowest BCUT2D eigenvalue weighted by Gasteiger charge is -2.05. The minimum atomic E-state index is -3.55. The van der Waals surface area contributed by atoms with Crippen LogP contribution in [0.2, 0.25) is 0 Å². The topological polar surface area (TPSA) is 63.6 Å². The normalized spacial score (nSPS) is 10.3. The Labute approximate surface area is 119 Å². The number of ether oxygens (including phenoxy) is 1. The number of hydrogen-bond donors (Lipinski definition) is 1. The van der Waals surface area contributed by atoms with E-state index in [-0.39, 0.29) is 15.5 Å². The Morgan fingerprint density at radius 3 is 1.65 bits per heavy atom. The van der Waals surface area contributed by atoms with E-state index in [9.17, 15) is 8.42 Å². The maximum absolute atomic E-state index is 12.2. The fourth-order valence-electron chi connectivity index (χ4n) is 1.52. The van der Waals surface area contributed by atoms with Gasteiger partial charge in [-0.2, -0.15) is 0 Å². The molecule has 0 spiro atoms. The summed E-state index contributed by atoms with van der Waals surface area (Å²) in [4.78, 5) is 0.333. The molecule has 0 fully saturated rings. The van der Waals surface area contributed by atoms with E-state index in [4.69, 9.17) is 9.84 Å². The molecule has 0 heterocycles. The molecule has 0 bridgehead atoms. The van der Waals surface area contributed by atoms with Crippen LogP contribution < -0.4 is 4.74 Å². The second kappa shape index (κ2) is 6.96. The molecule has 5 heteroatoms. The smallest absolute Gasteiger partial charge is 0.206 e. The molecule has 0 aliphatic rings. The predicted octanol–water partition coefficient (Wildman–Crippen LogP) is 3.26. The van der Waals surface area contributed by atoms with Crippen LogP contribution in [-0.2, 0) is 9.84 Å². The van der Waals surface area contributed by atoms with E-state index in [1.807, 2.05) is 13.8 Å². The molecule has 0 aliphatic carbocycles. The van der Waals surface area contributed by atoms with Crippen molar-refractivity contribution >= 4 is 9.84 Å². The van der Waals surface area contributed by atoms with Crippen molar-refractivity contribution in [1.82, 2.24) is 0 Å². The van der Waals surface area contributed by atoms with Gasteiger partial charge in [-0.25, -0.2) is 8.42 Å². The fraction of sp³-hybridized carbons (Fsp3) is 0.200. The molecule has 0 saturated heterocycles. The van der Waals surface area contributed by atoms with E-state index in [1.54, 1.807) is 12.1 Å². The summed E-state index contributed by atoms with van der Waals surface area (Å²) >= 11 is 0. The van der Waals surface area contributed by atoms with Gasteiger partial charge < -0.3 is 9.84 Å². The largest absolute Gasteiger partial charge is 0.508 e. The van der Waals surface area contributed by atoms with Crippen molar-refractivity contribution in [2.75, 3.05) is 7.11 Å². The van der Waals surface area contributed by atoms with Crippen LogP contribution in [0.15, 0.2) is 58.3 Å². The van der Waals surface area contributed by atoms with Crippen LogP contribution in [0.5, 0.6) is 11.5 Å². The molecule has 2 aromatic rings. The summed E-state index contributed by atoms with van der Waals surface area (Å²) < 4.78 is 29.4. The standard InChI is InChI=1S/C13H12O4S.C2H6/c1-17-11-4-8-13(9-5-11)18(15,16)12-6-2-10(14)3-7-12;1-2/h2-9,14H,1H3;1-2H3. The first-order chi connectivity index (χ1) is 9.54. The third kappa shape index (κ3) is 3.51. The van der Waals surface area contributed by atoms with Crippen LogP contribution in [-0.4, -0.2) is 20.6 Å². The molecule has 0 atom stereocenters. The Kier molecular flexibility index (Phi) is 5.58. The SMILES string of the molecule is CC.COc1ccc(S(=O)(=O)c2ccc(O)cc2)cc1. The Morgan fingerprint density at radius 1 is 0.850 bits per heavy atom. The Bertz CT molecular complexity index is 629. The second-order valence-electron chi connectivity index (χ2n) is 3.67. The molecule has 0 aromatic heterocycles. The first-order valence-electron chi connectivity index (χ1n) is 6.22. The molecule has 1 N–H and O–H groups in total. The highest BCUT2D eigenvalue weighted by Crippen LogP contribution is 2.24. The van der Waals surface area contributed by atoms with Gasteiger partial charge in [0.25, 0.3) is 0 Å². The quantitative estimate of drug-likeness (QED) is 0.943. The van der Waals surface area contributed by atoms with Crippen molar-refractivity contribution in [2.45, 2.75) is 23.6 Å². The molecular weight excluding hydrogens is 276 g/mol. The van der Waals surface area contributed by atoms with Crippen LogP contribution in [0.4, 0.5) is 0 Å². The number of methoxy groups -OCH3 is 1. The highest BCUT2D eigenvalue weighted by Gasteiger charge is 2.17. The summed E-state index contributed by atoms with van der Waals surface area (Å²) in [5.41, 5.74) is 0. The second-order valence-corrected chi connectivity index (χ2v) is 5.62. The Hall–Kier alpha value is -2.01. The van der Waals surface area contributed by atoms with Gasteiger partial charge in [0, 0.05) is 0 Å². The van der Waals surface area contributed by atoms with Crippen molar-refractivity contribution in [3.05, 3.63) is 48.5 Å². The molecule has 0 unspecified atom stereocenters.